The molecule has 0 radical (unpaired) electrons. The zero-order valence-electron chi connectivity index (χ0n) is 23.6. The van der Waals surface area contributed by atoms with Crippen LogP contribution in [0.4, 0.5) is 65.9 Å². The van der Waals surface area contributed by atoms with Gasteiger partial charge in [-0.15, -0.1) is 16.4 Å². The van der Waals surface area contributed by atoms with Gasteiger partial charge in [0, 0.05) is 4.95 Å². The molecule has 0 heterocycles. The van der Waals surface area contributed by atoms with Crippen LogP contribution >= 0.6 is 0 Å². The molecule has 0 unspecified atom stereocenters. The van der Waals surface area contributed by atoms with Crippen molar-refractivity contribution in [2.45, 2.75) is 39.3 Å². The van der Waals surface area contributed by atoms with Crippen LogP contribution < -0.4 is 16.4 Å². The maximum atomic E-state index is 15.6. The zero-order chi connectivity index (χ0) is 34.9. The lowest BCUT2D eigenvalue weighted by atomic mass is 9.16. The monoisotopic (exact) mass is 698 g/mol. The van der Waals surface area contributed by atoms with Crippen molar-refractivity contribution in [1.82, 2.24) is 4.34 Å². The molecule has 3 aromatic carbocycles. The van der Waals surface area contributed by atoms with Gasteiger partial charge in [-0.2, -0.15) is 4.34 Å². The quantitative estimate of drug-likeness (QED) is 0.0917. The van der Waals surface area contributed by atoms with Crippen LogP contribution in [0.15, 0.2) is 0 Å². The molecule has 0 N–H and O–H groups in total. The fraction of sp³-hybridized carbons (Fsp3) is 0.240. The first-order valence-electron chi connectivity index (χ1n) is 12.4. The molecule has 0 bridgehead atoms. The fourth-order valence-corrected chi connectivity index (χ4v) is 13.8. The van der Waals surface area contributed by atoms with Crippen LogP contribution in [0, 0.1) is 93.2 Å². The zero-order valence-corrected chi connectivity index (χ0v) is 25.6. The van der Waals surface area contributed by atoms with Crippen molar-refractivity contribution in [2.75, 3.05) is 0 Å². The van der Waals surface area contributed by atoms with Crippen LogP contribution in [0.1, 0.15) is 0 Å². The molecule has 3 rings (SSSR count). The van der Waals surface area contributed by atoms with Gasteiger partial charge in [0.15, 0.2) is 52.4 Å². The summed E-state index contributed by atoms with van der Waals surface area (Å²) in [7, 11) is -6.02. The predicted octanol–water partition coefficient (Wildman–Crippen LogP) is 7.00. The maximum Gasteiger partial charge on any atom is 0.265 e. The van der Waals surface area contributed by atoms with Crippen LogP contribution in [-0.2, 0) is 0 Å². The number of hydrogen-bond acceptors (Lipinski definition) is 1. The van der Waals surface area contributed by atoms with E-state index in [2.05, 4.69) is 4.95 Å². The van der Waals surface area contributed by atoms with Crippen LogP contribution in [-0.4, -0.2) is 27.0 Å². The van der Waals surface area contributed by atoms with Gasteiger partial charge in [-0.25, -0.2) is 65.9 Å². The molecule has 0 fully saturated rings. The van der Waals surface area contributed by atoms with E-state index in [0.717, 1.165) is 4.34 Å². The molecule has 0 aromatic heterocycles. The highest BCUT2D eigenvalue weighted by atomic mass is 28.4. The molecule has 45 heavy (non-hydrogen) atoms. The lowest BCUT2D eigenvalue weighted by Crippen LogP contribution is -2.73. The Morgan fingerprint density at radius 2 is 0.556 bits per heavy atom. The first-order valence-corrected chi connectivity index (χ1v) is 19.3. The fourth-order valence-electron chi connectivity index (χ4n) is 5.08. The van der Waals surface area contributed by atoms with Gasteiger partial charge in [0.05, 0.1) is 0 Å². The number of halogens is 15. The highest BCUT2D eigenvalue weighted by Crippen LogP contribution is 2.29. The van der Waals surface area contributed by atoms with E-state index in [1.165, 1.54) is 45.3 Å². The molecule has 244 valence electrons. The second-order valence-electron chi connectivity index (χ2n) is 11.7. The Hall–Kier alpha value is -3.60. The summed E-state index contributed by atoms with van der Waals surface area (Å²) in [6.07, 6.45) is -5.96. The maximum absolute atomic E-state index is 15.6. The Labute approximate surface area is 246 Å². The Morgan fingerprint density at radius 1 is 0.378 bits per heavy atom. The van der Waals surface area contributed by atoms with Crippen LogP contribution in [0.3, 0.4) is 0 Å². The van der Waals surface area contributed by atoms with Crippen molar-refractivity contribution in [3.05, 3.63) is 92.2 Å². The van der Waals surface area contributed by atoms with Crippen LogP contribution in [0.2, 0.25) is 39.3 Å². The first kappa shape index (κ1) is 35.9. The molecule has 0 atom stereocenters. The van der Waals surface area contributed by atoms with Crippen molar-refractivity contribution in [1.29, 1.82) is 0 Å². The minimum absolute atomic E-state index is 1.04. The van der Waals surface area contributed by atoms with E-state index in [0.29, 0.717) is 0 Å². The summed E-state index contributed by atoms with van der Waals surface area (Å²) in [6, 6.07) is 0. The van der Waals surface area contributed by atoms with Gasteiger partial charge in [0.1, 0.15) is 40.9 Å². The summed E-state index contributed by atoms with van der Waals surface area (Å²) < 4.78 is 224. The SMILES string of the molecule is C[Si](C)(C)N([N+]#C[B-](c1c(F)c(F)c(F)c(F)c1F)(c1c(F)c(F)c(F)c(F)c1F)c1c(F)c(F)c(F)c(F)c1F)[Si](C)(C)C. The highest BCUT2D eigenvalue weighted by Gasteiger charge is 2.53. The normalized spacial score (nSPS) is 12.4. The van der Waals surface area contributed by atoms with E-state index in [-0.39, 0.29) is 0 Å². The van der Waals surface area contributed by atoms with Crippen LogP contribution in [0.5, 0.6) is 0 Å². The highest BCUT2D eigenvalue weighted by molar-refractivity contribution is 7.17. The van der Waals surface area contributed by atoms with E-state index in [4.69, 9.17) is 0 Å². The number of nitrogens with zero attached hydrogens (tertiary/aromatic N) is 2. The van der Waals surface area contributed by atoms with E-state index in [9.17, 15) is 39.5 Å². The Bertz CT molecular complexity index is 1540. The molecule has 0 aliphatic carbocycles. The second-order valence-corrected chi connectivity index (χ2v) is 21.7. The molecule has 0 aliphatic rings. The van der Waals surface area contributed by atoms with Gasteiger partial charge in [-0.1, -0.05) is 0 Å². The van der Waals surface area contributed by atoms with Gasteiger partial charge >= 0.3 is 0 Å². The Balaban J connectivity index is 3.00. The minimum Gasteiger partial charge on any atom is -0.207 e. The largest absolute Gasteiger partial charge is 0.265 e. The Morgan fingerprint density at radius 3 is 0.733 bits per heavy atom. The third kappa shape index (κ3) is 5.47. The molecule has 0 amide bonds. The smallest absolute Gasteiger partial charge is 0.207 e. The summed E-state index contributed by atoms with van der Waals surface area (Å²) >= 11 is 0. The van der Waals surface area contributed by atoms with Gasteiger partial charge in [-0.05, 0) is 39.3 Å². The van der Waals surface area contributed by atoms with E-state index >= 15 is 26.3 Å². The lowest BCUT2D eigenvalue weighted by molar-refractivity contribution is 0.380. The summed E-state index contributed by atoms with van der Waals surface area (Å²) in [6.45, 7) is 8.92. The third-order valence-corrected chi connectivity index (χ3v) is 13.4. The van der Waals surface area contributed by atoms with Gasteiger partial charge in [0.2, 0.25) is 16.5 Å². The molecule has 0 spiro atoms. The third-order valence-electron chi connectivity index (χ3n) is 6.65. The van der Waals surface area contributed by atoms with Gasteiger partial charge in [-0.3, -0.25) is 0 Å². The molecular formula is C25H18BF15N2Si2. The van der Waals surface area contributed by atoms with Crippen molar-refractivity contribution < 1.29 is 65.9 Å². The van der Waals surface area contributed by atoms with E-state index in [1.54, 1.807) is 0 Å². The summed E-state index contributed by atoms with van der Waals surface area (Å²) in [5.41, 5.74) is -8.31. The Kier molecular flexibility index (Phi) is 9.28. The number of benzene rings is 3. The average molecular weight is 698 g/mol. The van der Waals surface area contributed by atoms with Gasteiger partial charge < -0.3 is 0 Å². The number of rotatable bonds is 5. The summed E-state index contributed by atoms with van der Waals surface area (Å²) in [5.74, 6) is -44.6. The predicted molar refractivity (Wildman–Crippen MR) is 139 cm³/mol. The van der Waals surface area contributed by atoms with Crippen molar-refractivity contribution in [3.63, 3.8) is 0 Å². The molecule has 20 heteroatoms. The molecular weight excluding hydrogens is 680 g/mol. The molecule has 3 aromatic rings. The number of hydrogen-bond donors (Lipinski definition) is 0. The molecule has 0 aliphatic heterocycles. The van der Waals surface area contributed by atoms with Crippen molar-refractivity contribution in [2.24, 2.45) is 0 Å². The second kappa shape index (κ2) is 11.6. The van der Waals surface area contributed by atoms with E-state index in [1.807, 2.05) is 0 Å². The lowest BCUT2D eigenvalue weighted by Gasteiger charge is -2.36. The van der Waals surface area contributed by atoms with Gasteiger partial charge in [0.25, 0.3) is 6.15 Å². The average Bonchev–Trinajstić information content (AvgIpc) is 2.93. The van der Waals surface area contributed by atoms with Crippen LogP contribution in [0.25, 0.3) is 4.95 Å². The topological polar surface area (TPSA) is 7.60 Å². The van der Waals surface area contributed by atoms with Crippen molar-refractivity contribution in [3.8, 4) is 5.97 Å². The molecule has 0 saturated carbocycles. The van der Waals surface area contributed by atoms with Crippen molar-refractivity contribution >= 4 is 39.0 Å². The minimum atomic E-state index is -5.96. The summed E-state index contributed by atoms with van der Waals surface area (Å²) in [5, 5.41) is 0. The molecule has 2 nitrogen and oxygen atoms in total. The van der Waals surface area contributed by atoms with E-state index < -0.39 is 126 Å². The molecule has 0 saturated heterocycles. The standard InChI is InChI=1S/C25H18BF15N2Si2/c1-44(2,3)43(45(4,5)6)42-7-26(8-11(27)17(33)23(39)18(34)12(8)28,9-13(29)19(35)24(40)20(36)14(9)30)10-15(31)21(37)25(41)22(38)16(10)32/h1-6H3. The first-order chi connectivity index (χ1) is 20.4. The summed E-state index contributed by atoms with van der Waals surface area (Å²) in [4.78, 5) is 3.68.